The number of benzene rings is 2. The Morgan fingerprint density at radius 1 is 1.07 bits per heavy atom. The molecule has 9 heteroatoms. The number of carbonyl (C=O) groups excluding carboxylic acids is 2. The van der Waals surface area contributed by atoms with Crippen molar-refractivity contribution in [2.24, 2.45) is 0 Å². The molecule has 0 spiro atoms. The lowest BCUT2D eigenvalue weighted by atomic mass is 9.98. The maximum absolute atomic E-state index is 12.8. The van der Waals surface area contributed by atoms with Crippen molar-refractivity contribution in [1.29, 1.82) is 0 Å². The second kappa shape index (κ2) is 8.04. The molecule has 1 heterocycles. The molecule has 3 rings (SSSR count). The fourth-order valence-corrected chi connectivity index (χ4v) is 3.55. The number of hydrogen-bond acceptors (Lipinski definition) is 5. The number of thiazole rings is 1. The number of alkyl halides is 3. The summed E-state index contributed by atoms with van der Waals surface area (Å²) in [6, 6.07) is 11.1. The van der Waals surface area contributed by atoms with Crippen molar-refractivity contribution in [3.8, 4) is 11.1 Å². The van der Waals surface area contributed by atoms with E-state index in [0.717, 1.165) is 23.5 Å². The third-order valence-electron chi connectivity index (χ3n) is 4.08. The van der Waals surface area contributed by atoms with Gasteiger partial charge in [0.2, 0.25) is 0 Å². The van der Waals surface area contributed by atoms with E-state index in [9.17, 15) is 22.8 Å². The number of methoxy groups -OCH3 is 1. The molecule has 1 aromatic heterocycles. The van der Waals surface area contributed by atoms with Gasteiger partial charge < -0.3 is 4.74 Å². The number of anilines is 1. The lowest BCUT2D eigenvalue weighted by Crippen LogP contribution is -2.13. The van der Waals surface area contributed by atoms with Gasteiger partial charge in [0.05, 0.1) is 18.4 Å². The van der Waals surface area contributed by atoms with Crippen molar-refractivity contribution in [2.75, 3.05) is 12.4 Å². The van der Waals surface area contributed by atoms with Crippen LogP contribution in [0.15, 0.2) is 48.5 Å². The summed E-state index contributed by atoms with van der Waals surface area (Å²) < 4.78 is 43.0. The molecule has 3 aromatic rings. The molecule has 0 radical (unpaired) electrons. The van der Waals surface area contributed by atoms with Crippen LogP contribution in [0.3, 0.4) is 0 Å². The standard InChI is InChI=1S/C20H15F3N2O3S/c1-11-16(18(27)28-2)29-19(24-11)25-17(26)15-6-4-3-5-14(15)12-7-9-13(10-8-12)20(21,22)23/h3-10H,1-2H3,(H,24,25,26). The molecule has 0 aliphatic carbocycles. The molecule has 5 nitrogen and oxygen atoms in total. The molecule has 0 aliphatic rings. The largest absolute Gasteiger partial charge is 0.465 e. The molecule has 0 saturated heterocycles. The van der Waals surface area contributed by atoms with Crippen LogP contribution in [0.25, 0.3) is 11.1 Å². The van der Waals surface area contributed by atoms with Gasteiger partial charge in [-0.05, 0) is 36.2 Å². The zero-order valence-electron chi connectivity index (χ0n) is 15.3. The smallest absolute Gasteiger partial charge is 0.416 e. The Kier molecular flexibility index (Phi) is 5.69. The average Bonchev–Trinajstić information content (AvgIpc) is 3.06. The van der Waals surface area contributed by atoms with Gasteiger partial charge in [-0.2, -0.15) is 13.2 Å². The van der Waals surface area contributed by atoms with Crippen LogP contribution in [-0.2, 0) is 10.9 Å². The number of hydrogen-bond donors (Lipinski definition) is 1. The second-order valence-corrected chi connectivity index (χ2v) is 7.00. The number of aryl methyl sites for hydroxylation is 1. The van der Waals surface area contributed by atoms with Crippen molar-refractivity contribution in [3.05, 3.63) is 70.2 Å². The van der Waals surface area contributed by atoms with Crippen LogP contribution in [0.2, 0.25) is 0 Å². The summed E-state index contributed by atoms with van der Waals surface area (Å²) in [4.78, 5) is 28.9. The zero-order chi connectivity index (χ0) is 21.2. The molecule has 29 heavy (non-hydrogen) atoms. The number of aromatic nitrogens is 1. The van der Waals surface area contributed by atoms with Crippen LogP contribution < -0.4 is 5.32 Å². The first-order chi connectivity index (χ1) is 13.7. The maximum atomic E-state index is 12.8. The lowest BCUT2D eigenvalue weighted by Gasteiger charge is -2.11. The molecule has 0 fully saturated rings. The fraction of sp³-hybridized carbons (Fsp3) is 0.150. The van der Waals surface area contributed by atoms with E-state index in [-0.39, 0.29) is 15.6 Å². The van der Waals surface area contributed by atoms with Crippen molar-refractivity contribution in [1.82, 2.24) is 4.98 Å². The molecule has 0 atom stereocenters. The van der Waals surface area contributed by atoms with Gasteiger partial charge in [0.1, 0.15) is 4.88 Å². The highest BCUT2D eigenvalue weighted by Gasteiger charge is 2.30. The highest BCUT2D eigenvalue weighted by Crippen LogP contribution is 2.32. The molecule has 0 aliphatic heterocycles. The monoisotopic (exact) mass is 420 g/mol. The lowest BCUT2D eigenvalue weighted by molar-refractivity contribution is -0.137. The van der Waals surface area contributed by atoms with E-state index < -0.39 is 23.6 Å². The SMILES string of the molecule is COC(=O)c1sc(NC(=O)c2ccccc2-c2ccc(C(F)(F)F)cc2)nc1C. The maximum Gasteiger partial charge on any atom is 0.416 e. The molecule has 0 bridgehead atoms. The molecule has 0 saturated carbocycles. The zero-order valence-corrected chi connectivity index (χ0v) is 16.1. The Balaban J connectivity index is 1.89. The van der Waals surface area contributed by atoms with Gasteiger partial charge in [-0.3, -0.25) is 10.1 Å². The predicted molar refractivity (Wildman–Crippen MR) is 103 cm³/mol. The summed E-state index contributed by atoms with van der Waals surface area (Å²) in [5, 5.41) is 2.84. The molecule has 2 aromatic carbocycles. The first kappa shape index (κ1) is 20.5. The molecule has 1 amide bonds. The summed E-state index contributed by atoms with van der Waals surface area (Å²) in [5.74, 6) is -1.05. The van der Waals surface area contributed by atoms with Crippen LogP contribution in [0.4, 0.5) is 18.3 Å². The number of nitrogens with one attached hydrogen (secondary N) is 1. The van der Waals surface area contributed by atoms with Crippen molar-refractivity contribution in [2.45, 2.75) is 13.1 Å². The highest BCUT2D eigenvalue weighted by molar-refractivity contribution is 7.17. The topological polar surface area (TPSA) is 68.3 Å². The predicted octanol–water partition coefficient (Wildman–Crippen LogP) is 5.18. The van der Waals surface area contributed by atoms with Crippen molar-refractivity contribution >= 4 is 28.3 Å². The molecular weight excluding hydrogens is 405 g/mol. The Bertz CT molecular complexity index is 1060. The molecule has 0 unspecified atom stereocenters. The van der Waals surface area contributed by atoms with Crippen molar-refractivity contribution < 1.29 is 27.5 Å². The van der Waals surface area contributed by atoms with Gasteiger partial charge in [-0.1, -0.05) is 41.7 Å². The number of rotatable bonds is 4. The Labute approximate surface area is 168 Å². The molecular formula is C20H15F3N2O3S. The minimum absolute atomic E-state index is 0.218. The molecule has 150 valence electrons. The number of amides is 1. The summed E-state index contributed by atoms with van der Waals surface area (Å²) in [5.41, 5.74) is 0.860. The van der Waals surface area contributed by atoms with Gasteiger partial charge in [0.25, 0.3) is 5.91 Å². The number of carbonyl (C=O) groups is 2. The average molecular weight is 420 g/mol. The number of ether oxygens (including phenoxy) is 1. The molecule has 1 N–H and O–H groups in total. The third-order valence-corrected chi connectivity index (χ3v) is 5.14. The van der Waals surface area contributed by atoms with E-state index >= 15 is 0 Å². The van der Waals surface area contributed by atoms with Gasteiger partial charge in [-0.25, -0.2) is 9.78 Å². The third kappa shape index (κ3) is 4.45. The van der Waals surface area contributed by atoms with Gasteiger partial charge in [0.15, 0.2) is 5.13 Å². The minimum atomic E-state index is -4.44. The van der Waals surface area contributed by atoms with E-state index in [1.54, 1.807) is 31.2 Å². The minimum Gasteiger partial charge on any atom is -0.465 e. The van der Waals surface area contributed by atoms with E-state index in [4.69, 9.17) is 0 Å². The first-order valence-corrected chi connectivity index (χ1v) is 9.16. The van der Waals surface area contributed by atoms with Crippen molar-refractivity contribution in [3.63, 3.8) is 0 Å². The Hall–Kier alpha value is -3.20. The van der Waals surface area contributed by atoms with Crippen LogP contribution in [0.5, 0.6) is 0 Å². The summed E-state index contributed by atoms with van der Waals surface area (Å²) in [7, 11) is 1.25. The van der Waals surface area contributed by atoms with Gasteiger partial charge >= 0.3 is 12.1 Å². The van der Waals surface area contributed by atoms with Crippen LogP contribution in [0.1, 0.15) is 31.3 Å². The number of esters is 1. The van der Waals surface area contributed by atoms with E-state index in [0.29, 0.717) is 16.8 Å². The second-order valence-electron chi connectivity index (χ2n) is 6.00. The van der Waals surface area contributed by atoms with Crippen LogP contribution in [-0.4, -0.2) is 24.0 Å². The quantitative estimate of drug-likeness (QED) is 0.591. The first-order valence-electron chi connectivity index (χ1n) is 8.34. The highest BCUT2D eigenvalue weighted by atomic mass is 32.1. The number of nitrogens with zero attached hydrogens (tertiary/aromatic N) is 1. The van der Waals surface area contributed by atoms with Crippen LogP contribution in [0, 0.1) is 6.92 Å². The Morgan fingerprint density at radius 2 is 1.72 bits per heavy atom. The van der Waals surface area contributed by atoms with Crippen LogP contribution >= 0.6 is 11.3 Å². The number of halogens is 3. The van der Waals surface area contributed by atoms with E-state index in [1.165, 1.54) is 19.2 Å². The van der Waals surface area contributed by atoms with E-state index in [2.05, 4.69) is 15.0 Å². The normalized spacial score (nSPS) is 11.2. The summed E-state index contributed by atoms with van der Waals surface area (Å²) in [6.45, 7) is 1.62. The Morgan fingerprint density at radius 3 is 2.34 bits per heavy atom. The van der Waals surface area contributed by atoms with Gasteiger partial charge in [0, 0.05) is 5.56 Å². The summed E-state index contributed by atoms with van der Waals surface area (Å²) >= 11 is 0.979. The fourth-order valence-electron chi connectivity index (χ4n) is 2.67. The van der Waals surface area contributed by atoms with E-state index in [1.807, 2.05) is 0 Å². The van der Waals surface area contributed by atoms with Gasteiger partial charge in [-0.15, -0.1) is 0 Å². The summed E-state index contributed by atoms with van der Waals surface area (Å²) in [6.07, 6.45) is -4.44.